The fraction of sp³-hybridized carbons (Fsp3) is 0.909. The van der Waals surface area contributed by atoms with Gasteiger partial charge in [0.05, 0.1) is 43.2 Å². The lowest BCUT2D eigenvalue weighted by molar-refractivity contribution is -0.529. The fourth-order valence-corrected chi connectivity index (χ4v) is 8.90. The van der Waals surface area contributed by atoms with Crippen molar-refractivity contribution in [2.75, 3.05) is 13.2 Å². The number of carbonyl (C=O) groups is 3. The highest BCUT2D eigenvalue weighted by atomic mass is 19.4. The number of rotatable bonds is 15. The zero-order valence-electron chi connectivity index (χ0n) is 29.8. The summed E-state index contributed by atoms with van der Waals surface area (Å²) in [6.07, 6.45) is -13.9. The number of amides is 1. The molecule has 55 heavy (non-hydrogen) atoms. The number of ether oxygens (including phenoxy) is 2. The van der Waals surface area contributed by atoms with Crippen molar-refractivity contribution in [2.24, 2.45) is 35.0 Å². The predicted octanol–water partition coefficient (Wildman–Crippen LogP) is 4.76. The summed E-state index contributed by atoms with van der Waals surface area (Å²) in [6, 6.07) is -3.64. The number of nitro groups is 2. The molecule has 4 aliphatic carbocycles. The molecule has 4 fully saturated rings. The Morgan fingerprint density at radius 1 is 0.673 bits per heavy atom. The van der Waals surface area contributed by atoms with E-state index in [0.29, 0.717) is 0 Å². The van der Waals surface area contributed by atoms with Crippen LogP contribution < -0.4 is 10.8 Å². The van der Waals surface area contributed by atoms with E-state index < -0.39 is 125 Å². The van der Waals surface area contributed by atoms with Crippen molar-refractivity contribution in [1.82, 2.24) is 10.8 Å². The average molecular weight is 807 g/mol. The molecule has 7 atom stereocenters. The van der Waals surface area contributed by atoms with Crippen LogP contribution in [0.2, 0.25) is 0 Å². The van der Waals surface area contributed by atoms with Gasteiger partial charge >= 0.3 is 24.3 Å². The number of carboxylic acid groups (broad SMARTS) is 2. The van der Waals surface area contributed by atoms with Crippen LogP contribution in [0.3, 0.4) is 0 Å². The molecule has 0 spiro atoms. The summed E-state index contributed by atoms with van der Waals surface area (Å²) in [7, 11) is 0. The fourth-order valence-electron chi connectivity index (χ4n) is 8.90. The zero-order chi connectivity index (χ0) is 40.9. The Kier molecular flexibility index (Phi) is 14.7. The maximum absolute atomic E-state index is 14.4. The van der Waals surface area contributed by atoms with Gasteiger partial charge in [-0.05, 0) is 76.0 Å². The van der Waals surface area contributed by atoms with Gasteiger partial charge in [-0.1, -0.05) is 0 Å². The van der Waals surface area contributed by atoms with E-state index in [1.807, 2.05) is 0 Å². The summed E-state index contributed by atoms with van der Waals surface area (Å²) in [5, 5.41) is 54.6. The van der Waals surface area contributed by atoms with Crippen molar-refractivity contribution in [3.63, 3.8) is 0 Å². The van der Waals surface area contributed by atoms with Crippen molar-refractivity contribution in [1.29, 1.82) is 0 Å². The number of hydrogen-bond acceptors (Lipinski definition) is 11. The molecule has 4 saturated carbocycles. The van der Waals surface area contributed by atoms with Gasteiger partial charge in [-0.3, -0.25) is 34.6 Å². The Morgan fingerprint density at radius 3 is 1.56 bits per heavy atom. The second-order valence-corrected chi connectivity index (χ2v) is 15.5. The van der Waals surface area contributed by atoms with Crippen LogP contribution in [0.25, 0.3) is 0 Å². The van der Waals surface area contributed by atoms with E-state index >= 15 is 0 Å². The summed E-state index contributed by atoms with van der Waals surface area (Å²) in [6.45, 7) is -3.60. The van der Waals surface area contributed by atoms with E-state index in [4.69, 9.17) is 9.47 Å². The molecule has 0 saturated heterocycles. The molecule has 0 bridgehead atoms. The standard InChI is InChI=1S/C33H48F6N4O12/c34-32(35,36)31(33(37,38)39,15-54-21-7-1-17(2-8-21)27(41-49)25-13-19(42(50)51)5-11-23(25)29(45)46)16-55-22-9-3-18(4-10-22)40-28(44)26-14-20(43(52)53)6-12-24(26)30(47)48/h17-27,41,49H,1-16H2,(H,40,44)(H,45,46)(H,47,48). The highest BCUT2D eigenvalue weighted by Crippen LogP contribution is 2.52. The van der Waals surface area contributed by atoms with E-state index in [1.54, 1.807) is 0 Å². The normalized spacial score (nSPS) is 32.9. The zero-order valence-corrected chi connectivity index (χ0v) is 29.8. The Morgan fingerprint density at radius 2 is 1.13 bits per heavy atom. The van der Waals surface area contributed by atoms with Gasteiger partial charge in [0, 0.05) is 47.6 Å². The smallest absolute Gasteiger partial charge is 0.407 e. The number of carboxylic acids is 2. The molecule has 0 aromatic heterocycles. The number of nitrogens with one attached hydrogen (secondary N) is 2. The lowest BCUT2D eigenvalue weighted by Gasteiger charge is -2.42. The van der Waals surface area contributed by atoms with Gasteiger partial charge < -0.3 is 30.2 Å². The molecular weight excluding hydrogens is 758 g/mol. The van der Waals surface area contributed by atoms with Crippen molar-refractivity contribution in [3.05, 3.63) is 20.2 Å². The summed E-state index contributed by atoms with van der Waals surface area (Å²) in [5.74, 6) is -7.83. The minimum atomic E-state index is -5.85. The third-order valence-electron chi connectivity index (χ3n) is 12.3. The molecule has 0 aliphatic heterocycles. The van der Waals surface area contributed by atoms with Gasteiger partial charge in [0.15, 0.2) is 0 Å². The first kappa shape index (κ1) is 44.3. The minimum Gasteiger partial charge on any atom is -0.481 e. The minimum absolute atomic E-state index is 0.00284. The number of carbonyl (C=O) groups excluding carboxylic acids is 1. The quantitative estimate of drug-likeness (QED) is 0.0854. The number of aliphatic carboxylic acids is 2. The Hall–Kier alpha value is -3.37. The molecule has 1 amide bonds. The second kappa shape index (κ2) is 18.3. The molecule has 5 N–H and O–H groups in total. The van der Waals surface area contributed by atoms with Crippen LogP contribution in [0.5, 0.6) is 0 Å². The van der Waals surface area contributed by atoms with Gasteiger partial charge in [-0.25, -0.2) is 5.48 Å². The molecule has 0 radical (unpaired) electrons. The summed E-state index contributed by atoms with van der Waals surface area (Å²) in [4.78, 5) is 58.2. The topological polar surface area (TPSA) is 241 Å². The molecule has 4 rings (SSSR count). The average Bonchev–Trinajstić information content (AvgIpc) is 3.11. The maximum Gasteiger partial charge on any atom is 0.407 e. The van der Waals surface area contributed by atoms with Crippen molar-refractivity contribution < 1.29 is 75.5 Å². The van der Waals surface area contributed by atoms with Gasteiger partial charge in [-0.2, -0.15) is 26.3 Å². The van der Waals surface area contributed by atoms with Crippen LogP contribution in [0, 0.1) is 55.2 Å². The molecule has 0 aromatic rings. The first-order valence-corrected chi connectivity index (χ1v) is 18.5. The summed E-state index contributed by atoms with van der Waals surface area (Å²) < 4.78 is 96.9. The van der Waals surface area contributed by atoms with E-state index in [2.05, 4.69) is 10.8 Å². The molecule has 4 aliphatic rings. The maximum atomic E-state index is 14.4. The van der Waals surface area contributed by atoms with Crippen LogP contribution in [0.1, 0.15) is 89.9 Å². The summed E-state index contributed by atoms with van der Waals surface area (Å²) >= 11 is 0. The Labute approximate surface area is 311 Å². The number of hydrogen-bond donors (Lipinski definition) is 5. The van der Waals surface area contributed by atoms with Crippen LogP contribution in [0.15, 0.2) is 0 Å². The number of alkyl halides is 6. The molecule has 0 aromatic carbocycles. The lowest BCUT2D eigenvalue weighted by Crippen LogP contribution is -2.57. The van der Waals surface area contributed by atoms with E-state index in [1.165, 1.54) is 0 Å². The lowest BCUT2D eigenvalue weighted by atomic mass is 9.68. The number of hydroxylamine groups is 1. The van der Waals surface area contributed by atoms with Gasteiger partial charge in [0.1, 0.15) is 0 Å². The van der Waals surface area contributed by atoms with E-state index in [9.17, 15) is 76.4 Å². The summed E-state index contributed by atoms with van der Waals surface area (Å²) in [5.41, 5.74) is -2.32. The van der Waals surface area contributed by atoms with Crippen LogP contribution >= 0.6 is 0 Å². The first-order chi connectivity index (χ1) is 25.7. The molecular formula is C33H48F6N4O12. The third kappa shape index (κ3) is 10.5. The second-order valence-electron chi connectivity index (χ2n) is 15.5. The largest absolute Gasteiger partial charge is 0.481 e. The SMILES string of the molecule is O=C(O)C1CCC([N+](=O)[O-])CC1C(=O)NC1CCC(OCC(COC2CCC(C(NO)C3CC([N+](=O)[O-])CCC3C(=O)O)CC2)(C(F)(F)F)C(F)(F)F)CC1. The Balaban J connectivity index is 1.33. The van der Waals surface area contributed by atoms with E-state index in [-0.39, 0.29) is 89.9 Å². The van der Waals surface area contributed by atoms with Gasteiger partial charge in [-0.15, -0.1) is 0 Å². The van der Waals surface area contributed by atoms with Crippen molar-refractivity contribution >= 4 is 17.8 Å². The molecule has 22 heteroatoms. The van der Waals surface area contributed by atoms with Crippen LogP contribution in [0.4, 0.5) is 26.3 Å². The van der Waals surface area contributed by atoms with Gasteiger partial charge in [0.25, 0.3) is 0 Å². The van der Waals surface area contributed by atoms with Crippen molar-refractivity contribution in [2.45, 2.75) is 139 Å². The predicted molar refractivity (Wildman–Crippen MR) is 174 cm³/mol. The highest BCUT2D eigenvalue weighted by molar-refractivity contribution is 5.85. The number of halogens is 6. The molecule has 16 nitrogen and oxygen atoms in total. The van der Waals surface area contributed by atoms with E-state index in [0.717, 1.165) is 0 Å². The molecule has 314 valence electrons. The molecule has 0 heterocycles. The van der Waals surface area contributed by atoms with Crippen LogP contribution in [-0.2, 0) is 23.9 Å². The third-order valence-corrected chi connectivity index (χ3v) is 12.3. The van der Waals surface area contributed by atoms with Gasteiger partial charge in [0.2, 0.25) is 23.4 Å². The molecule has 7 unspecified atom stereocenters. The highest BCUT2D eigenvalue weighted by Gasteiger charge is 2.71. The Bertz CT molecular complexity index is 1360. The number of nitrogens with zero attached hydrogens (tertiary/aromatic N) is 2. The first-order valence-electron chi connectivity index (χ1n) is 18.5. The monoisotopic (exact) mass is 806 g/mol. The van der Waals surface area contributed by atoms with Crippen LogP contribution in [-0.4, -0.2) is 105 Å². The van der Waals surface area contributed by atoms with Crippen molar-refractivity contribution in [3.8, 4) is 0 Å².